The van der Waals surface area contributed by atoms with E-state index in [4.69, 9.17) is 4.74 Å². The molecular formula is C15H21N3O5. The van der Waals surface area contributed by atoms with Gasteiger partial charge in [-0.1, -0.05) is 0 Å². The first-order valence-electron chi connectivity index (χ1n) is 7.57. The van der Waals surface area contributed by atoms with Gasteiger partial charge in [0.05, 0.1) is 7.11 Å². The van der Waals surface area contributed by atoms with Crippen molar-refractivity contribution in [2.24, 2.45) is 10.2 Å². The standard InChI is InChI=1S/C15H21N3O5/c1-15(2)11(13(20)22-3)12(16-17-15)14(21)23-9-10(19)18-7-5-4-6-8-18/h4-9H2,1-3H3. The maximum atomic E-state index is 12.1. The third kappa shape index (κ3) is 3.75. The number of azo groups is 1. The van der Waals surface area contributed by atoms with Crippen LogP contribution in [0.2, 0.25) is 0 Å². The number of rotatable bonds is 4. The van der Waals surface area contributed by atoms with Gasteiger partial charge in [0.1, 0.15) is 11.1 Å². The maximum Gasteiger partial charge on any atom is 0.360 e. The Labute approximate surface area is 134 Å². The Balaban J connectivity index is 2.03. The molecule has 0 aliphatic carbocycles. The molecule has 2 aliphatic rings. The van der Waals surface area contributed by atoms with Crippen molar-refractivity contribution in [3.8, 4) is 0 Å². The van der Waals surface area contributed by atoms with E-state index >= 15 is 0 Å². The zero-order valence-corrected chi connectivity index (χ0v) is 13.6. The zero-order chi connectivity index (χ0) is 17.0. The van der Waals surface area contributed by atoms with E-state index in [2.05, 4.69) is 15.0 Å². The first-order chi connectivity index (χ1) is 10.9. The lowest BCUT2D eigenvalue weighted by molar-refractivity contribution is -0.149. The Morgan fingerprint density at radius 3 is 2.39 bits per heavy atom. The maximum absolute atomic E-state index is 12.1. The zero-order valence-electron chi connectivity index (χ0n) is 13.6. The Morgan fingerprint density at radius 1 is 1.13 bits per heavy atom. The van der Waals surface area contributed by atoms with Crippen LogP contribution in [0.15, 0.2) is 21.5 Å². The molecule has 0 aromatic rings. The summed E-state index contributed by atoms with van der Waals surface area (Å²) in [5.74, 6) is -1.77. The van der Waals surface area contributed by atoms with Crippen LogP contribution < -0.4 is 0 Å². The van der Waals surface area contributed by atoms with E-state index in [1.54, 1.807) is 18.7 Å². The summed E-state index contributed by atoms with van der Waals surface area (Å²) in [5, 5.41) is 7.63. The monoisotopic (exact) mass is 323 g/mol. The topological polar surface area (TPSA) is 97.6 Å². The van der Waals surface area contributed by atoms with Gasteiger partial charge in [-0.25, -0.2) is 9.59 Å². The third-order valence-electron chi connectivity index (χ3n) is 3.87. The molecule has 0 atom stereocenters. The Bertz CT molecular complexity index is 574. The molecule has 0 saturated carbocycles. The van der Waals surface area contributed by atoms with E-state index in [1.165, 1.54) is 7.11 Å². The van der Waals surface area contributed by atoms with Crippen LogP contribution in [-0.2, 0) is 23.9 Å². The molecule has 0 radical (unpaired) electrons. The van der Waals surface area contributed by atoms with Crippen LogP contribution in [0, 0.1) is 0 Å². The first-order valence-corrected chi connectivity index (χ1v) is 7.57. The van der Waals surface area contributed by atoms with Crippen molar-refractivity contribution in [1.29, 1.82) is 0 Å². The SMILES string of the molecule is COC(=O)C1=C(C(=O)OCC(=O)N2CCCCC2)N=NC1(C)C. The van der Waals surface area contributed by atoms with Gasteiger partial charge in [0, 0.05) is 13.1 Å². The van der Waals surface area contributed by atoms with Crippen LogP contribution >= 0.6 is 0 Å². The Hall–Kier alpha value is -2.25. The van der Waals surface area contributed by atoms with Gasteiger partial charge in [0.2, 0.25) is 0 Å². The molecule has 0 aromatic carbocycles. The molecule has 0 aromatic heterocycles. The lowest BCUT2D eigenvalue weighted by atomic mass is 9.94. The van der Waals surface area contributed by atoms with Crippen molar-refractivity contribution >= 4 is 17.8 Å². The average Bonchev–Trinajstić information content (AvgIpc) is 2.87. The number of nitrogens with zero attached hydrogens (tertiary/aromatic N) is 3. The summed E-state index contributed by atoms with van der Waals surface area (Å²) in [6.07, 6.45) is 3.02. The van der Waals surface area contributed by atoms with E-state index in [9.17, 15) is 14.4 Å². The van der Waals surface area contributed by atoms with Gasteiger partial charge in [-0.05, 0) is 33.1 Å². The third-order valence-corrected chi connectivity index (χ3v) is 3.87. The van der Waals surface area contributed by atoms with Crippen molar-refractivity contribution in [2.45, 2.75) is 38.6 Å². The molecule has 0 spiro atoms. The highest BCUT2D eigenvalue weighted by Gasteiger charge is 2.40. The van der Waals surface area contributed by atoms with Crippen molar-refractivity contribution in [2.75, 3.05) is 26.8 Å². The summed E-state index contributed by atoms with van der Waals surface area (Å²) >= 11 is 0. The number of hydrogen-bond donors (Lipinski definition) is 0. The quantitative estimate of drug-likeness (QED) is 0.724. The minimum absolute atomic E-state index is 0.0374. The number of ether oxygens (including phenoxy) is 2. The van der Waals surface area contributed by atoms with Crippen molar-refractivity contribution in [3.63, 3.8) is 0 Å². The second-order valence-electron chi connectivity index (χ2n) is 5.99. The predicted octanol–water partition coefficient (Wildman–Crippen LogP) is 1.21. The van der Waals surface area contributed by atoms with Crippen molar-refractivity contribution in [3.05, 3.63) is 11.3 Å². The van der Waals surface area contributed by atoms with Gasteiger partial charge in [-0.15, -0.1) is 5.11 Å². The second kappa shape index (κ2) is 6.89. The number of esters is 2. The van der Waals surface area contributed by atoms with Gasteiger partial charge in [-0.3, -0.25) is 4.79 Å². The summed E-state index contributed by atoms with van der Waals surface area (Å²) in [7, 11) is 1.21. The molecule has 2 heterocycles. The number of piperidine rings is 1. The smallest absolute Gasteiger partial charge is 0.360 e. The first kappa shape index (κ1) is 17.1. The lowest BCUT2D eigenvalue weighted by Gasteiger charge is -2.26. The molecule has 1 amide bonds. The molecule has 23 heavy (non-hydrogen) atoms. The normalized spacial score (nSPS) is 19.7. The summed E-state index contributed by atoms with van der Waals surface area (Å²) < 4.78 is 9.68. The molecule has 0 bridgehead atoms. The highest BCUT2D eigenvalue weighted by atomic mass is 16.5. The molecular weight excluding hydrogens is 302 g/mol. The largest absolute Gasteiger partial charge is 0.466 e. The summed E-state index contributed by atoms with van der Waals surface area (Å²) in [5.41, 5.74) is -1.12. The number of likely N-dealkylation sites (tertiary alicyclic amines) is 1. The Morgan fingerprint density at radius 2 is 1.78 bits per heavy atom. The highest BCUT2D eigenvalue weighted by molar-refractivity contribution is 6.02. The molecule has 8 nitrogen and oxygen atoms in total. The minimum Gasteiger partial charge on any atom is -0.466 e. The fraction of sp³-hybridized carbons (Fsp3) is 0.667. The number of carbonyl (C=O) groups is 3. The van der Waals surface area contributed by atoms with Gasteiger partial charge in [-0.2, -0.15) is 5.11 Å². The van der Waals surface area contributed by atoms with E-state index in [1.807, 2.05) is 0 Å². The summed E-state index contributed by atoms with van der Waals surface area (Å²) in [4.78, 5) is 37.7. The summed E-state index contributed by atoms with van der Waals surface area (Å²) in [6.45, 7) is 4.27. The van der Waals surface area contributed by atoms with Gasteiger partial charge >= 0.3 is 11.9 Å². The molecule has 0 unspecified atom stereocenters. The van der Waals surface area contributed by atoms with Crippen LogP contribution in [-0.4, -0.2) is 55.1 Å². The van der Waals surface area contributed by atoms with Crippen LogP contribution in [0.4, 0.5) is 0 Å². The van der Waals surface area contributed by atoms with Gasteiger partial charge in [0.25, 0.3) is 5.91 Å². The number of methoxy groups -OCH3 is 1. The molecule has 2 aliphatic heterocycles. The number of amides is 1. The van der Waals surface area contributed by atoms with Crippen molar-refractivity contribution in [1.82, 2.24) is 4.90 Å². The predicted molar refractivity (Wildman–Crippen MR) is 79.4 cm³/mol. The molecule has 2 rings (SSSR count). The molecule has 126 valence electrons. The van der Waals surface area contributed by atoms with Crippen molar-refractivity contribution < 1.29 is 23.9 Å². The molecule has 1 fully saturated rings. The van der Waals surface area contributed by atoms with Crippen LogP contribution in [0.5, 0.6) is 0 Å². The number of carbonyl (C=O) groups excluding carboxylic acids is 3. The Kier molecular flexibility index (Phi) is 5.12. The van der Waals surface area contributed by atoms with E-state index in [0.717, 1.165) is 19.3 Å². The summed E-state index contributed by atoms with van der Waals surface area (Å²) in [6, 6.07) is 0. The molecule has 1 saturated heterocycles. The van der Waals surface area contributed by atoms with Gasteiger partial charge < -0.3 is 14.4 Å². The van der Waals surface area contributed by atoms with Crippen LogP contribution in [0.3, 0.4) is 0 Å². The second-order valence-corrected chi connectivity index (χ2v) is 5.99. The number of hydrogen-bond acceptors (Lipinski definition) is 7. The van der Waals surface area contributed by atoms with Crippen LogP contribution in [0.25, 0.3) is 0 Å². The lowest BCUT2D eigenvalue weighted by Crippen LogP contribution is -2.38. The highest BCUT2D eigenvalue weighted by Crippen LogP contribution is 2.33. The van der Waals surface area contributed by atoms with E-state index < -0.39 is 17.5 Å². The van der Waals surface area contributed by atoms with Gasteiger partial charge in [0.15, 0.2) is 12.3 Å². The van der Waals surface area contributed by atoms with E-state index in [0.29, 0.717) is 13.1 Å². The fourth-order valence-corrected chi connectivity index (χ4v) is 2.59. The molecule has 0 N–H and O–H groups in total. The minimum atomic E-state index is -0.960. The molecule has 8 heteroatoms. The van der Waals surface area contributed by atoms with E-state index in [-0.39, 0.29) is 23.8 Å². The van der Waals surface area contributed by atoms with Crippen LogP contribution in [0.1, 0.15) is 33.1 Å². The fourth-order valence-electron chi connectivity index (χ4n) is 2.59. The average molecular weight is 323 g/mol.